The number of hydrogen-bond donors (Lipinski definition) is 1. The predicted octanol–water partition coefficient (Wildman–Crippen LogP) is 3.48. The fourth-order valence-corrected chi connectivity index (χ4v) is 2.22. The van der Waals surface area contributed by atoms with Gasteiger partial charge in [0, 0.05) is 6.04 Å². The molecule has 0 amide bonds. The van der Waals surface area contributed by atoms with Crippen LogP contribution in [0.2, 0.25) is 0 Å². The highest BCUT2D eigenvalue weighted by molar-refractivity contribution is 5.34. The molecule has 0 aromatic heterocycles. The van der Waals surface area contributed by atoms with Crippen LogP contribution in [0.1, 0.15) is 37.5 Å². The zero-order valence-corrected chi connectivity index (χ0v) is 11.5. The molecule has 1 nitrogen and oxygen atoms in total. The summed E-state index contributed by atoms with van der Waals surface area (Å²) >= 11 is 0. The first-order valence-corrected chi connectivity index (χ1v) is 6.08. The Morgan fingerprint density at radius 3 is 2.00 bits per heavy atom. The molecule has 1 heteroatoms. The number of aryl methyl sites for hydroxylation is 2. The molecule has 0 saturated heterocycles. The van der Waals surface area contributed by atoms with Crippen molar-refractivity contribution in [1.82, 2.24) is 5.32 Å². The fraction of sp³-hybridized carbons (Fsp3) is 0.600. The van der Waals surface area contributed by atoms with E-state index >= 15 is 0 Å². The Hall–Kier alpha value is -0.820. The van der Waals surface area contributed by atoms with Gasteiger partial charge in [0.15, 0.2) is 0 Å². The van der Waals surface area contributed by atoms with Crippen LogP contribution in [0.3, 0.4) is 0 Å². The van der Waals surface area contributed by atoms with Crippen LogP contribution in [-0.4, -0.2) is 13.1 Å². The van der Waals surface area contributed by atoms with Crippen LogP contribution in [0, 0.1) is 19.3 Å². The number of benzene rings is 1. The average molecular weight is 219 g/mol. The molecule has 0 saturated carbocycles. The van der Waals surface area contributed by atoms with Crippen molar-refractivity contribution >= 4 is 0 Å². The molecule has 0 aliphatic heterocycles. The molecule has 1 N–H and O–H groups in total. The molecule has 0 aliphatic rings. The third-order valence-electron chi connectivity index (χ3n) is 3.45. The standard InChI is InChI=1S/C15H25N/c1-11-8-7-9-12(2)13(11)10-14(16-6)15(3,4)5/h7-9,14,16H,10H2,1-6H3. The van der Waals surface area contributed by atoms with Crippen molar-refractivity contribution in [2.75, 3.05) is 7.05 Å². The second-order valence-corrected chi connectivity index (χ2v) is 5.78. The van der Waals surface area contributed by atoms with Gasteiger partial charge < -0.3 is 5.32 Å². The summed E-state index contributed by atoms with van der Waals surface area (Å²) in [6, 6.07) is 7.07. The van der Waals surface area contributed by atoms with E-state index in [0.717, 1.165) is 6.42 Å². The van der Waals surface area contributed by atoms with E-state index in [2.05, 4.69) is 65.2 Å². The van der Waals surface area contributed by atoms with Gasteiger partial charge in [-0.1, -0.05) is 39.0 Å². The highest BCUT2D eigenvalue weighted by Crippen LogP contribution is 2.25. The van der Waals surface area contributed by atoms with Crippen molar-refractivity contribution in [3.63, 3.8) is 0 Å². The zero-order chi connectivity index (χ0) is 12.3. The lowest BCUT2D eigenvalue weighted by Crippen LogP contribution is -2.40. The van der Waals surface area contributed by atoms with Crippen LogP contribution in [0.5, 0.6) is 0 Å². The molecule has 1 unspecified atom stereocenters. The summed E-state index contributed by atoms with van der Waals surface area (Å²) in [5.41, 5.74) is 4.61. The monoisotopic (exact) mass is 219 g/mol. The average Bonchev–Trinajstić information content (AvgIpc) is 2.15. The molecule has 1 aromatic rings. The van der Waals surface area contributed by atoms with E-state index in [1.807, 2.05) is 0 Å². The van der Waals surface area contributed by atoms with Crippen molar-refractivity contribution in [2.24, 2.45) is 5.41 Å². The molecule has 0 fully saturated rings. The summed E-state index contributed by atoms with van der Waals surface area (Å²) < 4.78 is 0. The summed E-state index contributed by atoms with van der Waals surface area (Å²) in [5, 5.41) is 3.44. The molecule has 0 spiro atoms. The minimum absolute atomic E-state index is 0.295. The van der Waals surface area contributed by atoms with E-state index < -0.39 is 0 Å². The fourth-order valence-electron chi connectivity index (χ4n) is 2.22. The predicted molar refractivity (Wildman–Crippen MR) is 71.9 cm³/mol. The topological polar surface area (TPSA) is 12.0 Å². The molecule has 1 rings (SSSR count). The SMILES string of the molecule is CNC(Cc1c(C)cccc1C)C(C)(C)C. The highest BCUT2D eigenvalue weighted by Gasteiger charge is 2.23. The van der Waals surface area contributed by atoms with E-state index in [1.54, 1.807) is 0 Å². The van der Waals surface area contributed by atoms with Crippen molar-refractivity contribution in [3.05, 3.63) is 34.9 Å². The van der Waals surface area contributed by atoms with Gasteiger partial charge in [-0.15, -0.1) is 0 Å². The second-order valence-electron chi connectivity index (χ2n) is 5.78. The maximum Gasteiger partial charge on any atom is 0.0153 e. The first-order chi connectivity index (χ1) is 7.36. The quantitative estimate of drug-likeness (QED) is 0.820. The molecule has 0 aliphatic carbocycles. The van der Waals surface area contributed by atoms with Gasteiger partial charge in [-0.25, -0.2) is 0 Å². The molecule has 1 atom stereocenters. The summed E-state index contributed by atoms with van der Waals surface area (Å²) in [6.45, 7) is 11.3. The first kappa shape index (κ1) is 13.2. The molecule has 16 heavy (non-hydrogen) atoms. The van der Waals surface area contributed by atoms with Crippen LogP contribution in [0.15, 0.2) is 18.2 Å². The van der Waals surface area contributed by atoms with Crippen LogP contribution in [0.25, 0.3) is 0 Å². The van der Waals surface area contributed by atoms with Crippen LogP contribution >= 0.6 is 0 Å². The maximum absolute atomic E-state index is 3.44. The minimum Gasteiger partial charge on any atom is -0.316 e. The second kappa shape index (κ2) is 5.01. The molecule has 0 bridgehead atoms. The molecular weight excluding hydrogens is 194 g/mol. The van der Waals surface area contributed by atoms with E-state index in [1.165, 1.54) is 16.7 Å². The number of nitrogens with one attached hydrogen (secondary N) is 1. The van der Waals surface area contributed by atoms with Crippen LogP contribution in [0.4, 0.5) is 0 Å². The third-order valence-corrected chi connectivity index (χ3v) is 3.45. The molecule has 1 aromatic carbocycles. The van der Waals surface area contributed by atoms with Crippen molar-refractivity contribution in [1.29, 1.82) is 0 Å². The maximum atomic E-state index is 3.44. The normalized spacial score (nSPS) is 13.9. The Balaban J connectivity index is 2.95. The Morgan fingerprint density at radius 1 is 1.12 bits per heavy atom. The van der Waals surface area contributed by atoms with Crippen LogP contribution in [-0.2, 0) is 6.42 Å². The Bertz CT molecular complexity index is 327. The zero-order valence-electron chi connectivity index (χ0n) is 11.5. The van der Waals surface area contributed by atoms with Gasteiger partial charge in [-0.05, 0) is 49.4 Å². The summed E-state index contributed by atoms with van der Waals surface area (Å²) in [5.74, 6) is 0. The number of hydrogen-bond acceptors (Lipinski definition) is 1. The molecule has 0 radical (unpaired) electrons. The highest BCUT2D eigenvalue weighted by atomic mass is 14.9. The van der Waals surface area contributed by atoms with Gasteiger partial charge in [-0.2, -0.15) is 0 Å². The largest absolute Gasteiger partial charge is 0.316 e. The van der Waals surface area contributed by atoms with E-state index in [-0.39, 0.29) is 0 Å². The summed E-state index contributed by atoms with van der Waals surface area (Å²) in [6.07, 6.45) is 1.11. The molecule has 90 valence electrons. The smallest absolute Gasteiger partial charge is 0.0153 e. The van der Waals surface area contributed by atoms with Crippen molar-refractivity contribution < 1.29 is 0 Å². The van der Waals surface area contributed by atoms with Crippen LogP contribution < -0.4 is 5.32 Å². The Morgan fingerprint density at radius 2 is 1.62 bits per heavy atom. The van der Waals surface area contributed by atoms with Crippen molar-refractivity contribution in [2.45, 2.75) is 47.1 Å². The van der Waals surface area contributed by atoms with Gasteiger partial charge in [0.1, 0.15) is 0 Å². The Labute approximate surface area is 100 Å². The molecular formula is C15H25N. The lowest BCUT2D eigenvalue weighted by Gasteiger charge is -2.31. The van der Waals surface area contributed by atoms with Gasteiger partial charge in [0.05, 0.1) is 0 Å². The summed E-state index contributed by atoms with van der Waals surface area (Å²) in [7, 11) is 2.06. The van der Waals surface area contributed by atoms with E-state index in [0.29, 0.717) is 11.5 Å². The third kappa shape index (κ3) is 3.08. The van der Waals surface area contributed by atoms with Gasteiger partial charge in [-0.3, -0.25) is 0 Å². The van der Waals surface area contributed by atoms with Gasteiger partial charge >= 0.3 is 0 Å². The number of rotatable bonds is 3. The van der Waals surface area contributed by atoms with Crippen molar-refractivity contribution in [3.8, 4) is 0 Å². The Kier molecular flexibility index (Phi) is 4.15. The van der Waals surface area contributed by atoms with Gasteiger partial charge in [0.25, 0.3) is 0 Å². The van der Waals surface area contributed by atoms with E-state index in [9.17, 15) is 0 Å². The van der Waals surface area contributed by atoms with E-state index in [4.69, 9.17) is 0 Å². The number of likely N-dealkylation sites (N-methyl/N-ethyl adjacent to an activating group) is 1. The molecule has 0 heterocycles. The summed E-state index contributed by atoms with van der Waals surface area (Å²) in [4.78, 5) is 0. The lowest BCUT2D eigenvalue weighted by molar-refractivity contribution is 0.279. The van der Waals surface area contributed by atoms with Gasteiger partial charge in [0.2, 0.25) is 0 Å². The first-order valence-electron chi connectivity index (χ1n) is 6.08. The lowest BCUT2D eigenvalue weighted by atomic mass is 9.81. The minimum atomic E-state index is 0.295.